The Bertz CT molecular complexity index is 595. The highest BCUT2D eigenvalue weighted by molar-refractivity contribution is 5.81. The second-order valence-electron chi connectivity index (χ2n) is 2.86. The average Bonchev–Trinajstić information content (AvgIpc) is 2.88. The van der Waals surface area contributed by atoms with Gasteiger partial charge in [-0.05, 0) is 0 Å². The highest BCUT2D eigenvalue weighted by atomic mass is 15.5. The van der Waals surface area contributed by atoms with Crippen LogP contribution in [0.25, 0.3) is 17.1 Å². The van der Waals surface area contributed by atoms with Crippen LogP contribution in [-0.2, 0) is 0 Å². The first-order chi connectivity index (χ1) is 7.34. The van der Waals surface area contributed by atoms with E-state index in [1.807, 2.05) is 0 Å². The lowest BCUT2D eigenvalue weighted by molar-refractivity contribution is 0.760. The second-order valence-corrected chi connectivity index (χ2v) is 2.86. The number of fused-ring (bicyclic) bond motifs is 1. The van der Waals surface area contributed by atoms with Crippen molar-refractivity contribution >= 4 is 17.0 Å². The van der Waals surface area contributed by atoms with Gasteiger partial charge in [0.15, 0.2) is 11.5 Å². The standard InChI is InChI=1S/C7H6N8/c8-5-4-6(10-3-9-4)13-7(12-5)15-2-1-11-14-15/h1-3H,(H3,8,9,10,12,13). The number of nitrogens with one attached hydrogen (secondary N) is 1. The maximum Gasteiger partial charge on any atom is 0.256 e. The van der Waals surface area contributed by atoms with Crippen LogP contribution >= 0.6 is 0 Å². The SMILES string of the molecule is Nc1nc(-n2ccnn2)nc2nc[nH]c12. The molecule has 0 saturated carbocycles. The van der Waals surface area contributed by atoms with Crippen LogP contribution in [0.4, 0.5) is 5.82 Å². The molecule has 0 atom stereocenters. The van der Waals surface area contributed by atoms with Crippen molar-refractivity contribution in [2.75, 3.05) is 5.73 Å². The molecule has 0 radical (unpaired) electrons. The van der Waals surface area contributed by atoms with Crippen molar-refractivity contribution < 1.29 is 0 Å². The smallest absolute Gasteiger partial charge is 0.256 e. The van der Waals surface area contributed by atoms with Gasteiger partial charge in [0.05, 0.1) is 18.7 Å². The minimum Gasteiger partial charge on any atom is -0.382 e. The molecule has 0 bridgehead atoms. The molecule has 0 unspecified atom stereocenters. The Kier molecular flexibility index (Phi) is 1.43. The quantitative estimate of drug-likeness (QED) is 0.551. The minimum atomic E-state index is 0.336. The third-order valence-electron chi connectivity index (χ3n) is 1.93. The van der Waals surface area contributed by atoms with E-state index in [0.29, 0.717) is 22.9 Å². The van der Waals surface area contributed by atoms with E-state index in [4.69, 9.17) is 5.73 Å². The van der Waals surface area contributed by atoms with Gasteiger partial charge in [-0.1, -0.05) is 5.21 Å². The number of rotatable bonds is 1. The first-order valence-electron chi connectivity index (χ1n) is 4.18. The van der Waals surface area contributed by atoms with E-state index in [-0.39, 0.29) is 0 Å². The predicted octanol–water partition coefficient (Wildman–Crippen LogP) is -0.484. The van der Waals surface area contributed by atoms with Crippen LogP contribution < -0.4 is 5.73 Å². The molecule has 0 spiro atoms. The van der Waals surface area contributed by atoms with Crippen LogP contribution in [0.1, 0.15) is 0 Å². The number of anilines is 1. The number of hydrogen-bond acceptors (Lipinski definition) is 6. The summed E-state index contributed by atoms with van der Waals surface area (Å²) in [5, 5.41) is 7.43. The zero-order valence-corrected chi connectivity index (χ0v) is 7.49. The number of nitrogen functional groups attached to an aromatic ring is 1. The maximum atomic E-state index is 5.72. The van der Waals surface area contributed by atoms with E-state index in [2.05, 4.69) is 30.2 Å². The highest BCUT2D eigenvalue weighted by Crippen LogP contribution is 2.13. The molecule has 0 aliphatic rings. The molecule has 3 aromatic heterocycles. The molecule has 8 heteroatoms. The van der Waals surface area contributed by atoms with Crippen LogP contribution in [0.3, 0.4) is 0 Å². The molecule has 15 heavy (non-hydrogen) atoms. The molecule has 0 fully saturated rings. The van der Waals surface area contributed by atoms with Crippen molar-refractivity contribution in [3.8, 4) is 5.95 Å². The van der Waals surface area contributed by atoms with E-state index < -0.39 is 0 Å². The molecule has 0 aliphatic carbocycles. The third kappa shape index (κ3) is 1.11. The lowest BCUT2D eigenvalue weighted by Crippen LogP contribution is -2.05. The Balaban J connectivity index is 2.29. The summed E-state index contributed by atoms with van der Waals surface area (Å²) < 4.78 is 1.42. The average molecular weight is 202 g/mol. The van der Waals surface area contributed by atoms with Crippen LogP contribution in [0.5, 0.6) is 0 Å². The van der Waals surface area contributed by atoms with Gasteiger partial charge >= 0.3 is 0 Å². The summed E-state index contributed by atoms with van der Waals surface area (Å²) in [4.78, 5) is 15.1. The van der Waals surface area contributed by atoms with Crippen LogP contribution in [-0.4, -0.2) is 34.9 Å². The first-order valence-corrected chi connectivity index (χ1v) is 4.18. The number of nitrogens with zero attached hydrogens (tertiary/aromatic N) is 6. The van der Waals surface area contributed by atoms with Gasteiger partial charge in [-0.15, -0.1) is 5.10 Å². The molecule has 3 heterocycles. The topological polar surface area (TPSA) is 111 Å². The van der Waals surface area contributed by atoms with Crippen LogP contribution in [0.15, 0.2) is 18.7 Å². The van der Waals surface area contributed by atoms with E-state index >= 15 is 0 Å². The number of aromatic nitrogens is 7. The van der Waals surface area contributed by atoms with Gasteiger partial charge in [-0.25, -0.2) is 4.98 Å². The molecule has 3 N–H and O–H groups in total. The van der Waals surface area contributed by atoms with Crippen molar-refractivity contribution in [3.63, 3.8) is 0 Å². The van der Waals surface area contributed by atoms with Crippen molar-refractivity contribution in [2.45, 2.75) is 0 Å². The number of hydrogen-bond donors (Lipinski definition) is 2. The third-order valence-corrected chi connectivity index (χ3v) is 1.93. The lowest BCUT2D eigenvalue weighted by atomic mass is 10.5. The van der Waals surface area contributed by atoms with Crippen molar-refractivity contribution in [3.05, 3.63) is 18.7 Å². The normalized spacial score (nSPS) is 10.9. The molecule has 0 saturated heterocycles. The van der Waals surface area contributed by atoms with Crippen LogP contribution in [0, 0.1) is 0 Å². The summed E-state index contributed by atoms with van der Waals surface area (Å²) in [6, 6.07) is 0. The van der Waals surface area contributed by atoms with Gasteiger partial charge in [0.2, 0.25) is 0 Å². The Labute approximate surface area is 83.2 Å². The molecular weight excluding hydrogens is 196 g/mol. The largest absolute Gasteiger partial charge is 0.382 e. The van der Waals surface area contributed by atoms with Crippen molar-refractivity contribution in [2.24, 2.45) is 0 Å². The fourth-order valence-corrected chi connectivity index (χ4v) is 1.26. The zero-order chi connectivity index (χ0) is 10.3. The number of imidazole rings is 1. The number of nitrogens with two attached hydrogens (primary N) is 1. The second kappa shape index (κ2) is 2.74. The van der Waals surface area contributed by atoms with E-state index in [1.54, 1.807) is 6.20 Å². The minimum absolute atomic E-state index is 0.336. The van der Waals surface area contributed by atoms with Gasteiger partial charge < -0.3 is 10.7 Å². The van der Waals surface area contributed by atoms with Gasteiger partial charge in [-0.2, -0.15) is 14.6 Å². The fourth-order valence-electron chi connectivity index (χ4n) is 1.26. The summed E-state index contributed by atoms with van der Waals surface area (Å²) in [5.74, 6) is 0.688. The number of H-pyrrole nitrogens is 1. The monoisotopic (exact) mass is 202 g/mol. The molecule has 0 aliphatic heterocycles. The Morgan fingerprint density at radius 2 is 2.27 bits per heavy atom. The van der Waals surface area contributed by atoms with Crippen LogP contribution in [0.2, 0.25) is 0 Å². The van der Waals surface area contributed by atoms with Crippen molar-refractivity contribution in [1.29, 1.82) is 0 Å². The molecular formula is C7H6N8. The van der Waals surface area contributed by atoms with Gasteiger partial charge in [-0.3, -0.25) is 0 Å². The summed E-state index contributed by atoms with van der Waals surface area (Å²) in [7, 11) is 0. The summed E-state index contributed by atoms with van der Waals surface area (Å²) in [6.07, 6.45) is 4.68. The fraction of sp³-hybridized carbons (Fsp3) is 0. The highest BCUT2D eigenvalue weighted by Gasteiger charge is 2.08. The molecule has 8 nitrogen and oxygen atoms in total. The van der Waals surface area contributed by atoms with Gasteiger partial charge in [0.1, 0.15) is 5.52 Å². The predicted molar refractivity (Wildman–Crippen MR) is 51.0 cm³/mol. The lowest BCUT2D eigenvalue weighted by Gasteiger charge is -1.99. The Hall–Kier alpha value is -2.51. The van der Waals surface area contributed by atoms with E-state index in [9.17, 15) is 0 Å². The number of aromatic amines is 1. The summed E-state index contributed by atoms with van der Waals surface area (Å²) in [6.45, 7) is 0. The van der Waals surface area contributed by atoms with Crippen molar-refractivity contribution in [1.82, 2.24) is 34.9 Å². The summed E-state index contributed by atoms with van der Waals surface area (Å²) >= 11 is 0. The summed E-state index contributed by atoms with van der Waals surface area (Å²) in [5.41, 5.74) is 6.86. The van der Waals surface area contributed by atoms with E-state index in [1.165, 1.54) is 17.2 Å². The molecule has 3 rings (SSSR count). The van der Waals surface area contributed by atoms with E-state index in [0.717, 1.165) is 0 Å². The van der Waals surface area contributed by atoms with Gasteiger partial charge in [0.25, 0.3) is 5.95 Å². The first kappa shape index (κ1) is 7.85. The Morgan fingerprint density at radius 3 is 3.07 bits per heavy atom. The Morgan fingerprint density at radius 1 is 1.33 bits per heavy atom. The maximum absolute atomic E-state index is 5.72. The molecule has 0 aromatic carbocycles. The van der Waals surface area contributed by atoms with Gasteiger partial charge in [0, 0.05) is 0 Å². The molecule has 3 aromatic rings. The zero-order valence-electron chi connectivity index (χ0n) is 7.49. The molecule has 74 valence electrons. The molecule has 0 amide bonds.